The van der Waals surface area contributed by atoms with Crippen molar-refractivity contribution < 1.29 is 8.42 Å². The summed E-state index contributed by atoms with van der Waals surface area (Å²) in [5, 5.41) is 7.77. The molecule has 1 unspecified atom stereocenters. The van der Waals surface area contributed by atoms with Gasteiger partial charge in [0, 0.05) is 42.5 Å². The second-order valence-corrected chi connectivity index (χ2v) is 8.95. The molecule has 0 fully saturated rings. The predicted octanol–water partition coefficient (Wildman–Crippen LogP) is 3.10. The van der Waals surface area contributed by atoms with Crippen LogP contribution in [0.25, 0.3) is 10.9 Å². The summed E-state index contributed by atoms with van der Waals surface area (Å²) in [5.74, 6) is 0.925. The van der Waals surface area contributed by atoms with Crippen LogP contribution in [-0.2, 0) is 16.3 Å². The molecule has 152 valence electrons. The summed E-state index contributed by atoms with van der Waals surface area (Å²) in [5.41, 5.74) is 2.48. The summed E-state index contributed by atoms with van der Waals surface area (Å²) in [6.07, 6.45) is 5.83. The van der Waals surface area contributed by atoms with Gasteiger partial charge in [0.25, 0.3) is 0 Å². The average molecular weight is 506 g/mol. The first-order chi connectivity index (χ1) is 12.4. The van der Waals surface area contributed by atoms with Crippen molar-refractivity contribution >= 4 is 50.7 Å². The van der Waals surface area contributed by atoms with E-state index < -0.39 is 9.84 Å². The lowest BCUT2D eigenvalue weighted by Gasteiger charge is -2.17. The van der Waals surface area contributed by atoms with Gasteiger partial charge in [-0.2, -0.15) is 0 Å². The van der Waals surface area contributed by atoms with Gasteiger partial charge < -0.3 is 15.6 Å². The third-order valence-electron chi connectivity index (χ3n) is 4.20. The number of aliphatic imine (C=N–C) groups is 1. The SMILES string of the molecule is CCNC(=NCCCc1c[nH]c2ccccc12)NC(C)CCS(C)(=O)=O.I. The molecule has 0 saturated heterocycles. The van der Waals surface area contributed by atoms with Gasteiger partial charge in [-0.15, -0.1) is 24.0 Å². The maximum absolute atomic E-state index is 11.3. The van der Waals surface area contributed by atoms with Crippen LogP contribution in [-0.4, -0.2) is 50.5 Å². The van der Waals surface area contributed by atoms with Crippen LogP contribution in [0.15, 0.2) is 35.5 Å². The zero-order valence-electron chi connectivity index (χ0n) is 16.3. The fourth-order valence-corrected chi connectivity index (χ4v) is 3.60. The van der Waals surface area contributed by atoms with Crippen LogP contribution in [0.3, 0.4) is 0 Å². The van der Waals surface area contributed by atoms with E-state index in [4.69, 9.17) is 0 Å². The lowest BCUT2D eigenvalue weighted by Crippen LogP contribution is -2.42. The molecule has 0 amide bonds. The van der Waals surface area contributed by atoms with Crippen molar-refractivity contribution in [3.63, 3.8) is 0 Å². The van der Waals surface area contributed by atoms with Crippen molar-refractivity contribution in [3.05, 3.63) is 36.0 Å². The molecule has 27 heavy (non-hydrogen) atoms. The zero-order chi connectivity index (χ0) is 19.0. The Bertz CT molecular complexity index is 833. The highest BCUT2D eigenvalue weighted by molar-refractivity contribution is 14.0. The molecule has 0 spiro atoms. The molecule has 0 aliphatic rings. The minimum atomic E-state index is -2.93. The highest BCUT2D eigenvalue weighted by atomic mass is 127. The molecular weight excluding hydrogens is 475 g/mol. The fraction of sp³-hybridized carbons (Fsp3) is 0.526. The average Bonchev–Trinajstić information content (AvgIpc) is 3.00. The Balaban J connectivity index is 0.00000364. The molecule has 2 rings (SSSR count). The number of halogens is 1. The second kappa shape index (κ2) is 11.5. The number of hydrogen-bond acceptors (Lipinski definition) is 3. The fourth-order valence-electron chi connectivity index (χ4n) is 2.82. The van der Waals surface area contributed by atoms with E-state index in [2.05, 4.69) is 45.0 Å². The van der Waals surface area contributed by atoms with Gasteiger partial charge in [0.05, 0.1) is 5.75 Å². The number of aryl methyl sites for hydroxylation is 1. The topological polar surface area (TPSA) is 86.3 Å². The Hall–Kier alpha value is -1.29. The number of sulfone groups is 1. The molecule has 0 bridgehead atoms. The number of aromatic nitrogens is 1. The van der Waals surface area contributed by atoms with Gasteiger partial charge in [-0.05, 0) is 44.7 Å². The van der Waals surface area contributed by atoms with E-state index in [9.17, 15) is 8.42 Å². The molecule has 0 aliphatic carbocycles. The Morgan fingerprint density at radius 1 is 1.30 bits per heavy atom. The van der Waals surface area contributed by atoms with Crippen LogP contribution in [0, 0.1) is 0 Å². The van der Waals surface area contributed by atoms with Crippen LogP contribution in [0.5, 0.6) is 0 Å². The third kappa shape index (κ3) is 8.50. The van der Waals surface area contributed by atoms with E-state index in [1.54, 1.807) is 0 Å². The lowest BCUT2D eigenvalue weighted by atomic mass is 10.1. The van der Waals surface area contributed by atoms with E-state index in [1.807, 2.05) is 19.9 Å². The molecule has 0 radical (unpaired) electrons. The van der Waals surface area contributed by atoms with E-state index in [0.29, 0.717) is 13.0 Å². The molecule has 1 atom stereocenters. The number of guanidine groups is 1. The van der Waals surface area contributed by atoms with Crippen molar-refractivity contribution in [2.24, 2.45) is 4.99 Å². The van der Waals surface area contributed by atoms with Crippen LogP contribution in [0.4, 0.5) is 0 Å². The molecule has 6 nitrogen and oxygen atoms in total. The molecule has 3 N–H and O–H groups in total. The molecule has 1 heterocycles. The van der Waals surface area contributed by atoms with E-state index in [-0.39, 0.29) is 35.8 Å². The van der Waals surface area contributed by atoms with Gasteiger partial charge >= 0.3 is 0 Å². The van der Waals surface area contributed by atoms with Crippen molar-refractivity contribution in [1.29, 1.82) is 0 Å². The Morgan fingerprint density at radius 2 is 2.04 bits per heavy atom. The van der Waals surface area contributed by atoms with Crippen LogP contribution in [0.2, 0.25) is 0 Å². The minimum absolute atomic E-state index is 0. The summed E-state index contributed by atoms with van der Waals surface area (Å²) < 4.78 is 22.6. The Labute approximate surface area is 179 Å². The molecule has 1 aromatic carbocycles. The third-order valence-corrected chi connectivity index (χ3v) is 5.18. The lowest BCUT2D eigenvalue weighted by molar-refractivity contribution is 0.581. The number of benzene rings is 1. The van der Waals surface area contributed by atoms with E-state index in [0.717, 1.165) is 25.3 Å². The van der Waals surface area contributed by atoms with Crippen LogP contribution >= 0.6 is 24.0 Å². The molecule has 2 aromatic rings. The van der Waals surface area contributed by atoms with Crippen molar-refractivity contribution in [3.8, 4) is 0 Å². The summed E-state index contributed by atoms with van der Waals surface area (Å²) in [7, 11) is -2.93. The van der Waals surface area contributed by atoms with Gasteiger partial charge in [-0.25, -0.2) is 8.42 Å². The van der Waals surface area contributed by atoms with Crippen LogP contribution in [0.1, 0.15) is 32.3 Å². The maximum Gasteiger partial charge on any atom is 0.191 e. The molecule has 0 saturated carbocycles. The normalized spacial score (nSPS) is 13.2. The highest BCUT2D eigenvalue weighted by Crippen LogP contribution is 2.18. The minimum Gasteiger partial charge on any atom is -0.361 e. The van der Waals surface area contributed by atoms with Crippen LogP contribution < -0.4 is 10.6 Å². The van der Waals surface area contributed by atoms with E-state index >= 15 is 0 Å². The van der Waals surface area contributed by atoms with E-state index in [1.165, 1.54) is 22.7 Å². The smallest absolute Gasteiger partial charge is 0.191 e. The summed E-state index contributed by atoms with van der Waals surface area (Å²) in [4.78, 5) is 7.91. The van der Waals surface area contributed by atoms with Gasteiger partial charge in [-0.3, -0.25) is 4.99 Å². The number of nitrogens with zero attached hydrogens (tertiary/aromatic N) is 1. The summed E-state index contributed by atoms with van der Waals surface area (Å²) in [6.45, 7) is 5.48. The van der Waals surface area contributed by atoms with Gasteiger partial charge in [0.1, 0.15) is 9.84 Å². The number of rotatable bonds is 9. The Kier molecular flexibility index (Phi) is 10.1. The van der Waals surface area contributed by atoms with Gasteiger partial charge in [0.15, 0.2) is 5.96 Å². The Morgan fingerprint density at radius 3 is 2.74 bits per heavy atom. The number of nitrogens with one attached hydrogen (secondary N) is 3. The van der Waals surface area contributed by atoms with Crippen molar-refractivity contribution in [2.45, 2.75) is 39.2 Å². The van der Waals surface area contributed by atoms with Gasteiger partial charge in [-0.1, -0.05) is 18.2 Å². The summed E-state index contributed by atoms with van der Waals surface area (Å²) in [6, 6.07) is 8.37. The summed E-state index contributed by atoms with van der Waals surface area (Å²) >= 11 is 0. The number of aromatic amines is 1. The first-order valence-corrected chi connectivity index (χ1v) is 11.2. The number of fused-ring (bicyclic) bond motifs is 1. The molecule has 8 heteroatoms. The predicted molar refractivity (Wildman–Crippen MR) is 125 cm³/mol. The van der Waals surface area contributed by atoms with Crippen molar-refractivity contribution in [1.82, 2.24) is 15.6 Å². The quantitative estimate of drug-likeness (QED) is 0.211. The first-order valence-electron chi connectivity index (χ1n) is 9.16. The van der Waals surface area contributed by atoms with Crippen molar-refractivity contribution in [2.75, 3.05) is 25.1 Å². The molecule has 1 aromatic heterocycles. The second-order valence-electron chi connectivity index (χ2n) is 6.69. The maximum atomic E-state index is 11.3. The highest BCUT2D eigenvalue weighted by Gasteiger charge is 2.09. The first kappa shape index (κ1) is 23.7. The largest absolute Gasteiger partial charge is 0.361 e. The zero-order valence-corrected chi connectivity index (χ0v) is 19.4. The molecular formula is C19H31IN4O2S. The number of hydrogen-bond donors (Lipinski definition) is 3. The monoisotopic (exact) mass is 506 g/mol. The van der Waals surface area contributed by atoms with Gasteiger partial charge in [0.2, 0.25) is 0 Å². The number of H-pyrrole nitrogens is 1. The molecule has 0 aliphatic heterocycles. The standard InChI is InChI=1S/C19H30N4O2S.HI/c1-4-20-19(23-15(2)11-13-26(3,24)25)21-12-7-8-16-14-22-18-10-6-5-9-17(16)18;/h5-6,9-10,14-15,22H,4,7-8,11-13H2,1-3H3,(H2,20,21,23);1H. The number of para-hydroxylation sites is 1.